The summed E-state index contributed by atoms with van der Waals surface area (Å²) in [7, 11) is 0. The lowest BCUT2D eigenvalue weighted by Crippen LogP contribution is -2.39. The predicted molar refractivity (Wildman–Crippen MR) is 98.2 cm³/mol. The first-order chi connectivity index (χ1) is 10.4. The Bertz CT molecular complexity index is 306. The van der Waals surface area contributed by atoms with Crippen LogP contribution in [0.4, 0.5) is 0 Å². The molecule has 2 atom stereocenters. The molecule has 0 spiro atoms. The zero-order valence-corrected chi connectivity index (χ0v) is 15.8. The van der Waals surface area contributed by atoms with Crippen molar-refractivity contribution in [2.75, 3.05) is 46.1 Å². The molecule has 0 saturated carbocycles. The number of nitrogens with zero attached hydrogens (tertiary/aromatic N) is 1. The van der Waals surface area contributed by atoms with Gasteiger partial charge in [0.1, 0.15) is 0 Å². The van der Waals surface area contributed by atoms with Crippen LogP contribution in [-0.2, 0) is 14.2 Å². The number of ether oxygens (including phenoxy) is 3. The van der Waals surface area contributed by atoms with Gasteiger partial charge < -0.3 is 24.8 Å². The Balaban J connectivity index is 0.00000242. The van der Waals surface area contributed by atoms with Gasteiger partial charge in [-0.05, 0) is 32.6 Å². The number of halogens is 1. The smallest absolute Gasteiger partial charge is 0.191 e. The van der Waals surface area contributed by atoms with E-state index in [9.17, 15) is 0 Å². The molecule has 22 heavy (non-hydrogen) atoms. The fourth-order valence-corrected chi connectivity index (χ4v) is 2.56. The monoisotopic (exact) mass is 427 g/mol. The van der Waals surface area contributed by atoms with Crippen LogP contribution in [0.15, 0.2) is 4.99 Å². The standard InChI is InChI=1S/C15H29N3O3.HI/c1-2-16-15(18-11-13-5-3-8-20-13)17-7-10-19-12-14-6-4-9-21-14;/h13-14H,2-12H2,1H3,(H2,16,17,18);1H. The molecule has 2 N–H and O–H groups in total. The van der Waals surface area contributed by atoms with Gasteiger partial charge in [0.25, 0.3) is 0 Å². The van der Waals surface area contributed by atoms with E-state index in [1.807, 2.05) is 0 Å². The molecule has 2 aliphatic heterocycles. The number of guanidine groups is 1. The lowest BCUT2D eigenvalue weighted by Gasteiger charge is -2.14. The van der Waals surface area contributed by atoms with Crippen LogP contribution < -0.4 is 10.6 Å². The maximum Gasteiger partial charge on any atom is 0.191 e. The van der Waals surface area contributed by atoms with Crippen LogP contribution in [0.2, 0.25) is 0 Å². The van der Waals surface area contributed by atoms with E-state index in [0.29, 0.717) is 19.3 Å². The van der Waals surface area contributed by atoms with E-state index in [-0.39, 0.29) is 30.1 Å². The van der Waals surface area contributed by atoms with Crippen molar-refractivity contribution in [3.05, 3.63) is 0 Å². The number of rotatable bonds is 8. The lowest BCUT2D eigenvalue weighted by molar-refractivity contribution is 0.0191. The van der Waals surface area contributed by atoms with Gasteiger partial charge >= 0.3 is 0 Å². The molecular formula is C15H30IN3O3. The Labute approximate surface area is 150 Å². The predicted octanol–water partition coefficient (Wildman–Crippen LogP) is 1.53. The van der Waals surface area contributed by atoms with Crippen LogP contribution >= 0.6 is 24.0 Å². The highest BCUT2D eigenvalue weighted by Crippen LogP contribution is 2.12. The third-order valence-electron chi connectivity index (χ3n) is 3.69. The molecule has 2 heterocycles. The molecule has 6 nitrogen and oxygen atoms in total. The maximum atomic E-state index is 5.63. The first-order valence-electron chi connectivity index (χ1n) is 8.21. The van der Waals surface area contributed by atoms with Crippen molar-refractivity contribution >= 4 is 29.9 Å². The zero-order valence-electron chi connectivity index (χ0n) is 13.5. The van der Waals surface area contributed by atoms with Gasteiger partial charge in [-0.3, -0.25) is 4.99 Å². The summed E-state index contributed by atoms with van der Waals surface area (Å²) in [5.41, 5.74) is 0. The molecule has 2 saturated heterocycles. The van der Waals surface area contributed by atoms with Gasteiger partial charge in [0.15, 0.2) is 5.96 Å². The van der Waals surface area contributed by atoms with Crippen molar-refractivity contribution in [1.29, 1.82) is 0 Å². The Hall–Kier alpha value is -0.120. The SMILES string of the molecule is CCNC(=NCC1CCCO1)NCCOCC1CCCO1.I. The summed E-state index contributed by atoms with van der Waals surface area (Å²) >= 11 is 0. The van der Waals surface area contributed by atoms with Gasteiger partial charge in [-0.25, -0.2) is 0 Å². The third-order valence-corrected chi connectivity index (χ3v) is 3.69. The number of aliphatic imine (C=N–C) groups is 1. The lowest BCUT2D eigenvalue weighted by atomic mass is 10.2. The first-order valence-corrected chi connectivity index (χ1v) is 8.21. The normalized spacial score (nSPS) is 25.0. The summed E-state index contributed by atoms with van der Waals surface area (Å²) in [6, 6.07) is 0. The van der Waals surface area contributed by atoms with Crippen molar-refractivity contribution in [1.82, 2.24) is 10.6 Å². The molecule has 0 aromatic carbocycles. The van der Waals surface area contributed by atoms with E-state index in [2.05, 4.69) is 22.5 Å². The molecule has 2 unspecified atom stereocenters. The topological polar surface area (TPSA) is 64.1 Å². The van der Waals surface area contributed by atoms with Crippen molar-refractivity contribution in [3.63, 3.8) is 0 Å². The molecule has 2 rings (SSSR count). The minimum absolute atomic E-state index is 0. The first kappa shape index (κ1) is 19.9. The zero-order chi connectivity index (χ0) is 14.8. The fourth-order valence-electron chi connectivity index (χ4n) is 2.56. The van der Waals surface area contributed by atoms with Crippen LogP contribution in [0.3, 0.4) is 0 Å². The average Bonchev–Trinajstić information content (AvgIpc) is 3.17. The summed E-state index contributed by atoms with van der Waals surface area (Å²) in [5, 5.41) is 6.53. The highest BCUT2D eigenvalue weighted by molar-refractivity contribution is 14.0. The van der Waals surface area contributed by atoms with Crippen molar-refractivity contribution in [3.8, 4) is 0 Å². The molecule has 0 aromatic rings. The minimum Gasteiger partial charge on any atom is -0.377 e. The van der Waals surface area contributed by atoms with Crippen LogP contribution in [0.1, 0.15) is 32.6 Å². The second-order valence-corrected chi connectivity index (χ2v) is 5.49. The van der Waals surface area contributed by atoms with Crippen LogP contribution in [0.25, 0.3) is 0 Å². The maximum absolute atomic E-state index is 5.63. The molecule has 2 fully saturated rings. The Morgan fingerprint density at radius 1 is 1.14 bits per heavy atom. The summed E-state index contributed by atoms with van der Waals surface area (Å²) < 4.78 is 16.7. The molecular weight excluding hydrogens is 397 g/mol. The van der Waals surface area contributed by atoms with Gasteiger partial charge in [0, 0.05) is 26.3 Å². The average molecular weight is 427 g/mol. The van der Waals surface area contributed by atoms with E-state index >= 15 is 0 Å². The van der Waals surface area contributed by atoms with E-state index in [1.54, 1.807) is 0 Å². The molecule has 0 bridgehead atoms. The number of nitrogens with one attached hydrogen (secondary N) is 2. The highest BCUT2D eigenvalue weighted by atomic mass is 127. The molecule has 0 radical (unpaired) electrons. The second-order valence-electron chi connectivity index (χ2n) is 5.49. The molecule has 130 valence electrons. The molecule has 0 amide bonds. The fraction of sp³-hybridized carbons (Fsp3) is 0.933. The Morgan fingerprint density at radius 2 is 1.86 bits per heavy atom. The summed E-state index contributed by atoms with van der Waals surface area (Å²) in [5.74, 6) is 0.841. The summed E-state index contributed by atoms with van der Waals surface area (Å²) in [4.78, 5) is 4.56. The molecule has 0 aliphatic carbocycles. The van der Waals surface area contributed by atoms with E-state index in [1.165, 1.54) is 0 Å². The molecule has 2 aliphatic rings. The highest BCUT2D eigenvalue weighted by Gasteiger charge is 2.16. The number of hydrogen-bond acceptors (Lipinski definition) is 4. The Morgan fingerprint density at radius 3 is 2.50 bits per heavy atom. The van der Waals surface area contributed by atoms with Crippen molar-refractivity contribution in [2.45, 2.75) is 44.8 Å². The molecule has 0 aromatic heterocycles. The van der Waals surface area contributed by atoms with Gasteiger partial charge in [-0.2, -0.15) is 0 Å². The van der Waals surface area contributed by atoms with E-state index in [4.69, 9.17) is 14.2 Å². The molecule has 7 heteroatoms. The van der Waals surface area contributed by atoms with Crippen LogP contribution in [0, 0.1) is 0 Å². The van der Waals surface area contributed by atoms with Gasteiger partial charge in [0.05, 0.1) is 32.0 Å². The third kappa shape index (κ3) is 7.94. The van der Waals surface area contributed by atoms with Crippen molar-refractivity contribution in [2.24, 2.45) is 4.99 Å². The number of hydrogen-bond donors (Lipinski definition) is 2. The quantitative estimate of drug-likeness (QED) is 0.266. The minimum atomic E-state index is 0. The van der Waals surface area contributed by atoms with Gasteiger partial charge in [0.2, 0.25) is 0 Å². The Kier molecular flexibility index (Phi) is 11.2. The largest absolute Gasteiger partial charge is 0.377 e. The van der Waals surface area contributed by atoms with Crippen LogP contribution in [0.5, 0.6) is 0 Å². The summed E-state index contributed by atoms with van der Waals surface area (Å²) in [6.45, 7) is 7.53. The summed E-state index contributed by atoms with van der Waals surface area (Å²) in [6.07, 6.45) is 5.14. The second kappa shape index (κ2) is 12.3. The van der Waals surface area contributed by atoms with Gasteiger partial charge in [-0.1, -0.05) is 0 Å². The van der Waals surface area contributed by atoms with E-state index in [0.717, 1.165) is 64.5 Å². The van der Waals surface area contributed by atoms with E-state index < -0.39 is 0 Å². The van der Waals surface area contributed by atoms with Crippen LogP contribution in [-0.4, -0.2) is 64.2 Å². The van der Waals surface area contributed by atoms with Crippen molar-refractivity contribution < 1.29 is 14.2 Å². The van der Waals surface area contributed by atoms with Gasteiger partial charge in [-0.15, -0.1) is 24.0 Å².